The minimum absolute atomic E-state index is 0.634. The standard InChI is InChI=1S/C19H21Cl2N3/c1-15-2-4-16(5-3-15)14-23-8-10-24(11-9-23)22-13-17-6-7-18(20)12-19(17)21/h2-7,12-13H,8-11,14H2,1H3/p+1/b22-13+. The number of aryl methyl sites for hydroxylation is 1. The molecule has 0 amide bonds. The highest BCUT2D eigenvalue weighted by Gasteiger charge is 2.18. The number of piperazine rings is 1. The van der Waals surface area contributed by atoms with Crippen molar-refractivity contribution in [1.82, 2.24) is 5.01 Å². The summed E-state index contributed by atoms with van der Waals surface area (Å²) in [6.07, 6.45) is 1.82. The summed E-state index contributed by atoms with van der Waals surface area (Å²) in [5.74, 6) is 0. The second-order valence-corrected chi connectivity index (χ2v) is 7.12. The normalized spacial score (nSPS) is 16.0. The van der Waals surface area contributed by atoms with Crippen molar-refractivity contribution in [2.24, 2.45) is 5.10 Å². The average molecular weight is 363 g/mol. The molecule has 0 bridgehead atoms. The molecule has 0 atom stereocenters. The molecule has 2 aromatic carbocycles. The van der Waals surface area contributed by atoms with Crippen LogP contribution in [0.5, 0.6) is 0 Å². The highest BCUT2D eigenvalue weighted by molar-refractivity contribution is 6.36. The maximum atomic E-state index is 6.17. The molecule has 0 aliphatic carbocycles. The Morgan fingerprint density at radius 3 is 2.46 bits per heavy atom. The van der Waals surface area contributed by atoms with Crippen molar-refractivity contribution in [2.45, 2.75) is 13.5 Å². The lowest BCUT2D eigenvalue weighted by Gasteiger charge is -2.30. The van der Waals surface area contributed by atoms with E-state index in [1.54, 1.807) is 11.0 Å². The molecule has 1 aliphatic rings. The van der Waals surface area contributed by atoms with E-state index in [1.165, 1.54) is 11.1 Å². The summed E-state index contributed by atoms with van der Waals surface area (Å²) in [4.78, 5) is 1.61. The Kier molecular flexibility index (Phi) is 5.77. The monoisotopic (exact) mass is 362 g/mol. The first kappa shape index (κ1) is 17.3. The van der Waals surface area contributed by atoms with Crippen molar-refractivity contribution < 1.29 is 4.90 Å². The number of hydrogen-bond acceptors (Lipinski definition) is 2. The Hall–Kier alpha value is -1.55. The molecule has 0 aromatic heterocycles. The summed E-state index contributed by atoms with van der Waals surface area (Å²) < 4.78 is 0. The van der Waals surface area contributed by atoms with Crippen LogP contribution in [0, 0.1) is 6.92 Å². The number of quaternary nitrogens is 1. The van der Waals surface area contributed by atoms with Gasteiger partial charge < -0.3 is 4.90 Å². The van der Waals surface area contributed by atoms with Gasteiger partial charge in [-0.2, -0.15) is 5.10 Å². The van der Waals surface area contributed by atoms with Gasteiger partial charge >= 0.3 is 0 Å². The lowest BCUT2D eigenvalue weighted by molar-refractivity contribution is -0.918. The van der Waals surface area contributed by atoms with E-state index >= 15 is 0 Å². The fourth-order valence-corrected chi connectivity index (χ4v) is 3.31. The van der Waals surface area contributed by atoms with Crippen molar-refractivity contribution in [1.29, 1.82) is 0 Å². The third-order valence-corrected chi connectivity index (χ3v) is 4.91. The van der Waals surface area contributed by atoms with Crippen molar-refractivity contribution >= 4 is 29.4 Å². The van der Waals surface area contributed by atoms with Gasteiger partial charge in [0.2, 0.25) is 0 Å². The van der Waals surface area contributed by atoms with Gasteiger partial charge in [0, 0.05) is 16.1 Å². The molecular formula is C19H22Cl2N3+. The number of nitrogens with zero attached hydrogens (tertiary/aromatic N) is 2. The van der Waals surface area contributed by atoms with Gasteiger partial charge in [-0.15, -0.1) is 0 Å². The zero-order valence-corrected chi connectivity index (χ0v) is 15.3. The van der Waals surface area contributed by atoms with Crippen molar-refractivity contribution in [3.8, 4) is 0 Å². The minimum atomic E-state index is 0.634. The molecule has 126 valence electrons. The molecule has 2 aromatic rings. The third-order valence-electron chi connectivity index (χ3n) is 4.34. The first-order valence-electron chi connectivity index (χ1n) is 8.23. The second kappa shape index (κ2) is 8.02. The van der Waals surface area contributed by atoms with Gasteiger partial charge in [0.1, 0.15) is 6.54 Å². The molecule has 1 aliphatic heterocycles. The van der Waals surface area contributed by atoms with E-state index in [0.29, 0.717) is 10.0 Å². The number of hydrazone groups is 1. The molecule has 1 N–H and O–H groups in total. The first-order chi connectivity index (χ1) is 11.6. The highest BCUT2D eigenvalue weighted by atomic mass is 35.5. The topological polar surface area (TPSA) is 20.0 Å². The van der Waals surface area contributed by atoms with Crippen LogP contribution >= 0.6 is 23.2 Å². The molecule has 0 unspecified atom stereocenters. The van der Waals surface area contributed by atoms with E-state index in [-0.39, 0.29) is 0 Å². The summed E-state index contributed by atoms with van der Waals surface area (Å²) in [5, 5.41) is 7.96. The molecular weight excluding hydrogens is 341 g/mol. The molecule has 5 heteroatoms. The lowest BCUT2D eigenvalue weighted by Crippen LogP contribution is -3.13. The van der Waals surface area contributed by atoms with Gasteiger partial charge in [0.25, 0.3) is 0 Å². The zero-order chi connectivity index (χ0) is 16.9. The van der Waals surface area contributed by atoms with Crippen LogP contribution < -0.4 is 4.90 Å². The number of halogens is 2. The molecule has 1 saturated heterocycles. The Morgan fingerprint density at radius 1 is 1.08 bits per heavy atom. The fourth-order valence-electron chi connectivity index (χ4n) is 2.85. The molecule has 0 saturated carbocycles. The molecule has 1 fully saturated rings. The largest absolute Gasteiger partial charge is 0.328 e. The maximum absolute atomic E-state index is 6.17. The average Bonchev–Trinajstić information content (AvgIpc) is 2.57. The van der Waals surface area contributed by atoms with E-state index in [2.05, 4.69) is 41.3 Å². The van der Waals surface area contributed by atoms with Crippen LogP contribution in [0.3, 0.4) is 0 Å². The summed E-state index contributed by atoms with van der Waals surface area (Å²) in [6.45, 7) is 7.33. The quantitative estimate of drug-likeness (QED) is 0.828. The van der Waals surface area contributed by atoms with E-state index in [4.69, 9.17) is 23.2 Å². The number of nitrogens with one attached hydrogen (secondary N) is 1. The lowest BCUT2D eigenvalue weighted by atomic mass is 10.1. The number of hydrogen-bond donors (Lipinski definition) is 1. The first-order valence-corrected chi connectivity index (χ1v) is 8.99. The molecule has 0 radical (unpaired) electrons. The van der Waals surface area contributed by atoms with Gasteiger partial charge in [0.15, 0.2) is 0 Å². The molecule has 3 rings (SSSR count). The Morgan fingerprint density at radius 2 is 1.79 bits per heavy atom. The van der Waals surface area contributed by atoms with E-state index in [1.807, 2.05) is 18.3 Å². The van der Waals surface area contributed by atoms with Gasteiger partial charge in [0.05, 0.1) is 37.4 Å². The smallest absolute Gasteiger partial charge is 0.103 e. The van der Waals surface area contributed by atoms with Crippen LogP contribution in [0.15, 0.2) is 47.6 Å². The fraction of sp³-hybridized carbons (Fsp3) is 0.316. The van der Waals surface area contributed by atoms with Crippen molar-refractivity contribution in [2.75, 3.05) is 26.2 Å². The van der Waals surface area contributed by atoms with E-state index in [0.717, 1.165) is 38.3 Å². The number of benzene rings is 2. The van der Waals surface area contributed by atoms with Crippen LogP contribution in [-0.2, 0) is 6.54 Å². The summed E-state index contributed by atoms with van der Waals surface area (Å²) in [6, 6.07) is 14.3. The number of rotatable bonds is 4. The minimum Gasteiger partial charge on any atom is -0.328 e. The van der Waals surface area contributed by atoms with Crippen LogP contribution in [-0.4, -0.2) is 37.4 Å². The van der Waals surface area contributed by atoms with Crippen LogP contribution in [0.2, 0.25) is 10.0 Å². The molecule has 0 spiro atoms. The third kappa shape index (κ3) is 4.73. The zero-order valence-electron chi connectivity index (χ0n) is 13.8. The summed E-state index contributed by atoms with van der Waals surface area (Å²) in [7, 11) is 0. The van der Waals surface area contributed by atoms with E-state index < -0.39 is 0 Å². The molecule has 3 nitrogen and oxygen atoms in total. The van der Waals surface area contributed by atoms with Gasteiger partial charge in [-0.05, 0) is 19.1 Å². The van der Waals surface area contributed by atoms with Crippen LogP contribution in [0.1, 0.15) is 16.7 Å². The van der Waals surface area contributed by atoms with Crippen molar-refractivity contribution in [3.63, 3.8) is 0 Å². The van der Waals surface area contributed by atoms with E-state index in [9.17, 15) is 0 Å². The molecule has 1 heterocycles. The Bertz CT molecular complexity index is 705. The SMILES string of the molecule is Cc1ccc(C[NH+]2CCN(/N=C/c3ccc(Cl)cc3Cl)CC2)cc1. The van der Waals surface area contributed by atoms with Crippen LogP contribution in [0.4, 0.5) is 0 Å². The van der Waals surface area contributed by atoms with Crippen molar-refractivity contribution in [3.05, 3.63) is 69.2 Å². The molecule has 24 heavy (non-hydrogen) atoms. The second-order valence-electron chi connectivity index (χ2n) is 6.28. The summed E-state index contributed by atoms with van der Waals surface area (Å²) >= 11 is 12.1. The predicted octanol–water partition coefficient (Wildman–Crippen LogP) is 3.04. The Balaban J connectivity index is 1.51. The van der Waals surface area contributed by atoms with Gasteiger partial charge in [-0.25, -0.2) is 0 Å². The Labute approximate surface area is 153 Å². The highest BCUT2D eigenvalue weighted by Crippen LogP contribution is 2.19. The van der Waals surface area contributed by atoms with Gasteiger partial charge in [-0.3, -0.25) is 5.01 Å². The van der Waals surface area contributed by atoms with Gasteiger partial charge in [-0.1, -0.05) is 59.1 Å². The van der Waals surface area contributed by atoms with Crippen LogP contribution in [0.25, 0.3) is 0 Å². The summed E-state index contributed by atoms with van der Waals surface area (Å²) in [5.41, 5.74) is 3.62. The predicted molar refractivity (Wildman–Crippen MR) is 101 cm³/mol. The maximum Gasteiger partial charge on any atom is 0.103 e.